The molecule has 19 heavy (non-hydrogen) atoms. The molecule has 1 saturated carbocycles. The van der Waals surface area contributed by atoms with Crippen LogP contribution in [0.4, 0.5) is 14.6 Å². The number of nitrogens with one attached hydrogen (secondary N) is 1. The summed E-state index contributed by atoms with van der Waals surface area (Å²) in [6.45, 7) is 1.23. The second-order valence-electron chi connectivity index (χ2n) is 5.48. The van der Waals surface area contributed by atoms with Crippen LogP contribution in [0.1, 0.15) is 19.3 Å². The molecular weight excluding hydrogens is 252 g/mol. The van der Waals surface area contributed by atoms with Gasteiger partial charge in [0.1, 0.15) is 11.3 Å². The molecule has 3 heterocycles. The van der Waals surface area contributed by atoms with E-state index in [9.17, 15) is 8.78 Å². The van der Waals surface area contributed by atoms with Crippen molar-refractivity contribution in [1.29, 1.82) is 0 Å². The van der Waals surface area contributed by atoms with E-state index in [1.54, 1.807) is 12.4 Å². The maximum absolute atomic E-state index is 13.3. The lowest BCUT2D eigenvalue weighted by atomic mass is 9.93. The van der Waals surface area contributed by atoms with Gasteiger partial charge in [0, 0.05) is 24.9 Å². The van der Waals surface area contributed by atoms with Gasteiger partial charge < -0.3 is 4.90 Å². The van der Waals surface area contributed by atoms with Gasteiger partial charge in [0.25, 0.3) is 5.92 Å². The van der Waals surface area contributed by atoms with Gasteiger partial charge in [0.15, 0.2) is 5.65 Å². The van der Waals surface area contributed by atoms with Crippen LogP contribution in [0.2, 0.25) is 0 Å². The van der Waals surface area contributed by atoms with E-state index in [2.05, 4.69) is 20.2 Å². The number of hydrogen-bond acceptors (Lipinski definition) is 4. The zero-order valence-corrected chi connectivity index (χ0v) is 10.2. The second-order valence-corrected chi connectivity index (χ2v) is 5.48. The third-order valence-corrected chi connectivity index (χ3v) is 4.40. The minimum atomic E-state index is -2.45. The Labute approximate surface area is 108 Å². The van der Waals surface area contributed by atoms with Crippen LogP contribution in [0.5, 0.6) is 0 Å². The van der Waals surface area contributed by atoms with Gasteiger partial charge in [0.05, 0.1) is 12.4 Å². The zero-order chi connectivity index (χ0) is 13.1. The number of aromatic amines is 1. The number of alkyl halides is 2. The molecule has 0 radical (unpaired) electrons. The lowest BCUT2D eigenvalue weighted by molar-refractivity contribution is 0.0536. The van der Waals surface area contributed by atoms with E-state index >= 15 is 0 Å². The van der Waals surface area contributed by atoms with Crippen molar-refractivity contribution in [3.63, 3.8) is 0 Å². The molecule has 7 heteroatoms. The molecule has 4 rings (SSSR count). The van der Waals surface area contributed by atoms with Gasteiger partial charge in [-0.1, -0.05) is 0 Å². The smallest absolute Gasteiger partial charge is 0.254 e. The first-order chi connectivity index (χ1) is 9.10. The second kappa shape index (κ2) is 3.40. The highest BCUT2D eigenvalue weighted by atomic mass is 19.3. The molecule has 2 fully saturated rings. The van der Waals surface area contributed by atoms with Crippen LogP contribution in [0.3, 0.4) is 0 Å². The predicted octanol–water partition coefficient (Wildman–Crippen LogP) is 1.98. The third-order valence-electron chi connectivity index (χ3n) is 4.40. The summed E-state index contributed by atoms with van der Waals surface area (Å²) in [6, 6.07) is 0. The molecule has 1 N–H and O–H groups in total. The van der Waals surface area contributed by atoms with E-state index in [1.807, 2.05) is 4.90 Å². The summed E-state index contributed by atoms with van der Waals surface area (Å²) < 4.78 is 26.6. The molecule has 5 nitrogen and oxygen atoms in total. The Balaban J connectivity index is 1.55. The molecule has 0 amide bonds. The summed E-state index contributed by atoms with van der Waals surface area (Å²) in [7, 11) is 0. The highest BCUT2D eigenvalue weighted by molar-refractivity contribution is 5.70. The molecular formula is C12H13F2N5. The maximum atomic E-state index is 13.3. The van der Waals surface area contributed by atoms with Gasteiger partial charge >= 0.3 is 0 Å². The van der Waals surface area contributed by atoms with Crippen molar-refractivity contribution in [2.45, 2.75) is 25.2 Å². The van der Waals surface area contributed by atoms with Crippen LogP contribution in [0.25, 0.3) is 11.2 Å². The lowest BCUT2D eigenvalue weighted by Gasteiger charge is -2.32. The number of anilines is 1. The Morgan fingerprint density at radius 1 is 1.21 bits per heavy atom. The highest BCUT2D eigenvalue weighted by Crippen LogP contribution is 2.65. The normalized spacial score (nSPS) is 24.0. The molecule has 100 valence electrons. The molecule has 1 spiro atoms. The van der Waals surface area contributed by atoms with E-state index in [0.29, 0.717) is 37.1 Å². The molecule has 2 aromatic rings. The fraction of sp³-hybridized carbons (Fsp3) is 0.583. The Hall–Kier alpha value is -1.79. The minimum Gasteiger partial charge on any atom is -0.355 e. The Morgan fingerprint density at radius 2 is 1.95 bits per heavy atom. The van der Waals surface area contributed by atoms with Crippen LogP contribution in [-0.4, -0.2) is 39.2 Å². The number of fused-ring (bicyclic) bond motifs is 1. The Morgan fingerprint density at radius 3 is 2.63 bits per heavy atom. The average Bonchev–Trinajstić information content (AvgIpc) is 2.78. The average molecular weight is 265 g/mol. The Kier molecular flexibility index (Phi) is 1.98. The standard InChI is InChI=1S/C12H13F2N5/c13-12(14)7-11(12)1-3-19(4-2-11)9-6-15-8-5-16-18-10(8)17-9/h5-6H,1-4,7H2,(H,16,17,18). The molecule has 1 aliphatic carbocycles. The number of H-pyrrole nitrogens is 1. The first-order valence-corrected chi connectivity index (χ1v) is 6.39. The quantitative estimate of drug-likeness (QED) is 0.856. The molecule has 2 aliphatic rings. The van der Waals surface area contributed by atoms with E-state index in [0.717, 1.165) is 5.82 Å². The fourth-order valence-corrected chi connectivity index (χ4v) is 2.96. The number of nitrogens with zero attached hydrogens (tertiary/aromatic N) is 4. The van der Waals surface area contributed by atoms with E-state index in [4.69, 9.17) is 0 Å². The van der Waals surface area contributed by atoms with Crippen molar-refractivity contribution < 1.29 is 8.78 Å². The van der Waals surface area contributed by atoms with Gasteiger partial charge in [-0.2, -0.15) is 5.10 Å². The molecule has 1 aliphatic heterocycles. The SMILES string of the molecule is FC1(F)CC12CCN(c1cnc3cn[nH]c3n1)CC2. The molecule has 1 saturated heterocycles. The van der Waals surface area contributed by atoms with Gasteiger partial charge in [-0.05, 0) is 12.8 Å². The van der Waals surface area contributed by atoms with Crippen molar-refractivity contribution >= 4 is 17.0 Å². The molecule has 2 aromatic heterocycles. The number of piperidine rings is 1. The van der Waals surface area contributed by atoms with Crippen LogP contribution in [-0.2, 0) is 0 Å². The van der Waals surface area contributed by atoms with Crippen molar-refractivity contribution in [2.24, 2.45) is 5.41 Å². The molecule has 0 atom stereocenters. The van der Waals surface area contributed by atoms with Crippen LogP contribution >= 0.6 is 0 Å². The third kappa shape index (κ3) is 1.53. The van der Waals surface area contributed by atoms with E-state index in [-0.39, 0.29) is 6.42 Å². The molecule has 0 aromatic carbocycles. The summed E-state index contributed by atoms with van der Waals surface area (Å²) in [4.78, 5) is 10.7. The number of hydrogen-bond donors (Lipinski definition) is 1. The van der Waals surface area contributed by atoms with Gasteiger partial charge in [-0.3, -0.25) is 5.10 Å². The lowest BCUT2D eigenvalue weighted by Crippen LogP contribution is -2.37. The maximum Gasteiger partial charge on any atom is 0.254 e. The van der Waals surface area contributed by atoms with Gasteiger partial charge in [0.2, 0.25) is 0 Å². The van der Waals surface area contributed by atoms with E-state index in [1.165, 1.54) is 0 Å². The van der Waals surface area contributed by atoms with Crippen molar-refractivity contribution in [1.82, 2.24) is 20.2 Å². The zero-order valence-electron chi connectivity index (χ0n) is 10.2. The van der Waals surface area contributed by atoms with E-state index < -0.39 is 11.3 Å². The predicted molar refractivity (Wildman–Crippen MR) is 65.1 cm³/mol. The summed E-state index contributed by atoms with van der Waals surface area (Å²) in [6.07, 6.45) is 4.41. The topological polar surface area (TPSA) is 57.7 Å². The van der Waals surface area contributed by atoms with Crippen LogP contribution in [0, 0.1) is 5.41 Å². The van der Waals surface area contributed by atoms with Crippen molar-refractivity contribution in [3.05, 3.63) is 12.4 Å². The molecule has 0 bridgehead atoms. The van der Waals surface area contributed by atoms with Crippen LogP contribution < -0.4 is 4.90 Å². The summed E-state index contributed by atoms with van der Waals surface area (Å²) in [5, 5.41) is 6.64. The summed E-state index contributed by atoms with van der Waals surface area (Å²) in [5.74, 6) is -1.71. The highest BCUT2D eigenvalue weighted by Gasteiger charge is 2.70. The Bertz CT molecular complexity index is 630. The monoisotopic (exact) mass is 265 g/mol. The largest absolute Gasteiger partial charge is 0.355 e. The number of rotatable bonds is 1. The summed E-state index contributed by atoms with van der Waals surface area (Å²) >= 11 is 0. The summed E-state index contributed by atoms with van der Waals surface area (Å²) in [5.41, 5.74) is 0.621. The molecule has 0 unspecified atom stereocenters. The first kappa shape index (κ1) is 11.1. The van der Waals surface area contributed by atoms with Crippen molar-refractivity contribution in [2.75, 3.05) is 18.0 Å². The number of halogens is 2. The number of aromatic nitrogens is 4. The fourth-order valence-electron chi connectivity index (χ4n) is 2.96. The first-order valence-electron chi connectivity index (χ1n) is 6.39. The van der Waals surface area contributed by atoms with Gasteiger partial charge in [-0.15, -0.1) is 0 Å². The van der Waals surface area contributed by atoms with Gasteiger partial charge in [-0.25, -0.2) is 18.7 Å². The van der Waals surface area contributed by atoms with Crippen LogP contribution in [0.15, 0.2) is 12.4 Å². The minimum absolute atomic E-state index is 0.0547. The van der Waals surface area contributed by atoms with Crippen molar-refractivity contribution in [3.8, 4) is 0 Å².